The van der Waals surface area contributed by atoms with Crippen LogP contribution in [-0.2, 0) is 0 Å². The number of nitrogens with zero attached hydrogens (tertiary/aromatic N) is 1. The molecule has 136 valence electrons. The maximum absolute atomic E-state index is 12.0. The summed E-state index contributed by atoms with van der Waals surface area (Å²) in [6, 6.07) is 22.5. The second-order valence-electron chi connectivity index (χ2n) is 5.55. The van der Waals surface area contributed by atoms with Crippen molar-refractivity contribution in [3.63, 3.8) is 0 Å². The molecule has 1 N–H and O–H groups in total. The predicted octanol–water partition coefficient (Wildman–Crippen LogP) is 5.26. The van der Waals surface area contributed by atoms with Gasteiger partial charge in [0, 0.05) is 20.4 Å². The molecule has 0 saturated heterocycles. The van der Waals surface area contributed by atoms with Crippen LogP contribution in [0.3, 0.4) is 0 Å². The van der Waals surface area contributed by atoms with E-state index >= 15 is 0 Å². The lowest BCUT2D eigenvalue weighted by molar-refractivity contribution is 0.0955. The molecule has 3 aromatic rings. The lowest BCUT2D eigenvalue weighted by atomic mass is 10.2. The van der Waals surface area contributed by atoms with Gasteiger partial charge in [0.2, 0.25) is 0 Å². The molecule has 27 heavy (non-hydrogen) atoms. The molecule has 0 unspecified atom stereocenters. The normalized spacial score (nSPS) is 10.7. The van der Waals surface area contributed by atoms with Gasteiger partial charge in [0.15, 0.2) is 0 Å². The summed E-state index contributed by atoms with van der Waals surface area (Å²) in [5.74, 6) is 0.426. The molecule has 0 fully saturated rings. The second-order valence-corrected chi connectivity index (χ2v) is 7.14. The summed E-state index contributed by atoms with van der Waals surface area (Å²) in [4.78, 5) is 14.3. The van der Waals surface area contributed by atoms with Gasteiger partial charge in [-0.2, -0.15) is 5.10 Å². The number of nitrogens with one attached hydrogen (secondary N) is 1. The summed E-state index contributed by atoms with van der Waals surface area (Å²) in [6.07, 6.45) is 1.61. The van der Waals surface area contributed by atoms with E-state index in [0.717, 1.165) is 20.4 Å². The van der Waals surface area contributed by atoms with Crippen molar-refractivity contribution in [3.8, 4) is 5.75 Å². The summed E-state index contributed by atoms with van der Waals surface area (Å²) in [6.45, 7) is 0. The fourth-order valence-corrected chi connectivity index (χ4v) is 3.18. The SMILES string of the molecule is COc1ccc(C(=O)N/N=C\c2ccc(Sc3ccc(Cl)cc3)cc2)cc1. The van der Waals surface area contributed by atoms with Crippen molar-refractivity contribution in [1.82, 2.24) is 5.43 Å². The third kappa shape index (κ3) is 5.61. The Morgan fingerprint density at radius 3 is 2.15 bits per heavy atom. The third-order valence-electron chi connectivity index (χ3n) is 3.66. The zero-order valence-corrected chi connectivity index (χ0v) is 16.1. The van der Waals surface area contributed by atoms with E-state index in [1.807, 2.05) is 48.5 Å². The Balaban J connectivity index is 1.55. The molecule has 0 radical (unpaired) electrons. The molecule has 0 saturated carbocycles. The van der Waals surface area contributed by atoms with Crippen molar-refractivity contribution in [2.75, 3.05) is 7.11 Å². The number of halogens is 1. The Morgan fingerprint density at radius 2 is 1.56 bits per heavy atom. The molecule has 0 aliphatic heterocycles. The highest BCUT2D eigenvalue weighted by Gasteiger charge is 2.04. The highest BCUT2D eigenvalue weighted by molar-refractivity contribution is 7.99. The summed E-state index contributed by atoms with van der Waals surface area (Å²) in [7, 11) is 1.58. The smallest absolute Gasteiger partial charge is 0.271 e. The van der Waals surface area contributed by atoms with Gasteiger partial charge in [0.05, 0.1) is 13.3 Å². The van der Waals surface area contributed by atoms with E-state index in [0.29, 0.717) is 11.3 Å². The van der Waals surface area contributed by atoms with E-state index in [4.69, 9.17) is 16.3 Å². The number of carbonyl (C=O) groups is 1. The first-order chi connectivity index (χ1) is 13.1. The van der Waals surface area contributed by atoms with E-state index in [2.05, 4.69) is 10.5 Å². The van der Waals surface area contributed by atoms with E-state index in [9.17, 15) is 4.79 Å². The summed E-state index contributed by atoms with van der Waals surface area (Å²) in [5, 5.41) is 4.73. The molecule has 0 atom stereocenters. The van der Waals surface area contributed by atoms with Crippen molar-refractivity contribution in [2.24, 2.45) is 5.10 Å². The van der Waals surface area contributed by atoms with Gasteiger partial charge in [-0.1, -0.05) is 35.5 Å². The number of amides is 1. The number of hydrogen-bond acceptors (Lipinski definition) is 4. The van der Waals surface area contributed by atoms with E-state index < -0.39 is 0 Å². The highest BCUT2D eigenvalue weighted by atomic mass is 35.5. The lowest BCUT2D eigenvalue weighted by Crippen LogP contribution is -2.17. The summed E-state index contributed by atoms with van der Waals surface area (Å²) >= 11 is 7.55. The quantitative estimate of drug-likeness (QED) is 0.456. The van der Waals surface area contributed by atoms with Crippen LogP contribution in [0.25, 0.3) is 0 Å². The van der Waals surface area contributed by atoms with Gasteiger partial charge >= 0.3 is 0 Å². The number of hydrogen-bond donors (Lipinski definition) is 1. The molecule has 1 amide bonds. The highest BCUT2D eigenvalue weighted by Crippen LogP contribution is 2.28. The molecular formula is C21H17ClN2O2S. The first-order valence-electron chi connectivity index (χ1n) is 8.15. The summed E-state index contributed by atoms with van der Waals surface area (Å²) in [5.41, 5.74) is 3.93. The van der Waals surface area contributed by atoms with E-state index in [1.54, 1.807) is 49.4 Å². The minimum Gasteiger partial charge on any atom is -0.497 e. The van der Waals surface area contributed by atoms with Crippen LogP contribution in [0.15, 0.2) is 87.7 Å². The largest absolute Gasteiger partial charge is 0.497 e. The minimum absolute atomic E-state index is 0.274. The topological polar surface area (TPSA) is 50.7 Å². The zero-order valence-electron chi connectivity index (χ0n) is 14.6. The molecule has 0 bridgehead atoms. The maximum atomic E-state index is 12.0. The first-order valence-corrected chi connectivity index (χ1v) is 9.34. The predicted molar refractivity (Wildman–Crippen MR) is 110 cm³/mol. The van der Waals surface area contributed by atoms with Gasteiger partial charge in [0.25, 0.3) is 5.91 Å². The van der Waals surface area contributed by atoms with Crippen molar-refractivity contribution < 1.29 is 9.53 Å². The molecular weight excluding hydrogens is 380 g/mol. The Hall–Kier alpha value is -2.76. The Morgan fingerprint density at radius 1 is 0.963 bits per heavy atom. The Kier molecular flexibility index (Phi) is 6.52. The molecule has 0 aliphatic carbocycles. The van der Waals surface area contributed by atoms with Gasteiger partial charge in [-0.05, 0) is 66.2 Å². The fourth-order valence-electron chi connectivity index (χ4n) is 2.23. The van der Waals surface area contributed by atoms with Crippen molar-refractivity contribution in [2.45, 2.75) is 9.79 Å². The van der Waals surface area contributed by atoms with Gasteiger partial charge < -0.3 is 4.74 Å². The van der Waals surface area contributed by atoms with Crippen LogP contribution in [0.5, 0.6) is 5.75 Å². The van der Waals surface area contributed by atoms with Gasteiger partial charge in [-0.3, -0.25) is 4.79 Å². The van der Waals surface area contributed by atoms with Crippen LogP contribution in [0.2, 0.25) is 5.02 Å². The van der Waals surface area contributed by atoms with Crippen LogP contribution in [0.1, 0.15) is 15.9 Å². The number of rotatable bonds is 6. The molecule has 3 aromatic carbocycles. The number of ether oxygens (including phenoxy) is 1. The molecule has 0 aromatic heterocycles. The number of methoxy groups -OCH3 is 1. The average Bonchev–Trinajstić information content (AvgIpc) is 2.71. The molecule has 0 heterocycles. The average molecular weight is 397 g/mol. The Labute approximate surface area is 167 Å². The van der Waals surface area contributed by atoms with Crippen LogP contribution in [0, 0.1) is 0 Å². The second kappa shape index (κ2) is 9.26. The summed E-state index contributed by atoms with van der Waals surface area (Å²) < 4.78 is 5.07. The van der Waals surface area contributed by atoms with Gasteiger partial charge in [-0.15, -0.1) is 0 Å². The monoisotopic (exact) mass is 396 g/mol. The van der Waals surface area contributed by atoms with Gasteiger partial charge in [0.1, 0.15) is 5.75 Å². The standard InChI is InChI=1S/C21H17ClN2O2S/c1-26-18-8-4-16(5-9-18)21(25)24-23-14-15-2-10-19(11-3-15)27-20-12-6-17(22)7-13-20/h2-14H,1H3,(H,24,25)/b23-14-. The Bertz CT molecular complexity index is 924. The molecule has 3 rings (SSSR count). The van der Waals surface area contributed by atoms with Gasteiger partial charge in [-0.25, -0.2) is 5.43 Å². The first kappa shape index (κ1) is 19.0. The molecule has 4 nitrogen and oxygen atoms in total. The molecule has 6 heteroatoms. The minimum atomic E-state index is -0.274. The fraction of sp³-hybridized carbons (Fsp3) is 0.0476. The van der Waals surface area contributed by atoms with Crippen molar-refractivity contribution in [1.29, 1.82) is 0 Å². The third-order valence-corrected chi connectivity index (χ3v) is 4.93. The molecule has 0 spiro atoms. The van der Waals surface area contributed by atoms with E-state index in [-0.39, 0.29) is 5.91 Å². The van der Waals surface area contributed by atoms with Crippen molar-refractivity contribution >= 4 is 35.5 Å². The lowest BCUT2D eigenvalue weighted by Gasteiger charge is -2.03. The number of carbonyl (C=O) groups excluding carboxylic acids is 1. The van der Waals surface area contributed by atoms with Crippen molar-refractivity contribution in [3.05, 3.63) is 88.9 Å². The number of benzene rings is 3. The van der Waals surface area contributed by atoms with E-state index in [1.165, 1.54) is 0 Å². The van der Waals surface area contributed by atoms with Crippen LogP contribution >= 0.6 is 23.4 Å². The van der Waals surface area contributed by atoms with Crippen LogP contribution in [0.4, 0.5) is 0 Å². The van der Waals surface area contributed by atoms with Crippen LogP contribution in [-0.4, -0.2) is 19.2 Å². The van der Waals surface area contributed by atoms with Crippen LogP contribution < -0.4 is 10.2 Å². The maximum Gasteiger partial charge on any atom is 0.271 e. The number of hydrazone groups is 1. The zero-order chi connectivity index (χ0) is 19.1. The molecule has 0 aliphatic rings.